The molecule has 0 aliphatic rings. The highest BCUT2D eigenvalue weighted by Gasteiger charge is 2.16. The van der Waals surface area contributed by atoms with Crippen LogP contribution in [0.4, 0.5) is 0 Å². The molecule has 21 heavy (non-hydrogen) atoms. The molecule has 0 aliphatic carbocycles. The molecule has 2 N–H and O–H groups in total. The topological polar surface area (TPSA) is 48.1 Å². The number of nitrogens with two attached hydrogens (primary N) is 1. The largest absolute Gasteiger partial charge is 0.496 e. The fraction of sp³-hybridized carbons (Fsp3) is 0.312. The predicted molar refractivity (Wildman–Crippen MR) is 90.6 cm³/mol. The van der Waals surface area contributed by atoms with Gasteiger partial charge in [0.2, 0.25) is 0 Å². The number of ether oxygens (including phenoxy) is 1. The van der Waals surface area contributed by atoms with Crippen LogP contribution in [0, 0.1) is 13.8 Å². The van der Waals surface area contributed by atoms with Gasteiger partial charge in [-0.15, -0.1) is 22.7 Å². The zero-order chi connectivity index (χ0) is 15.0. The highest BCUT2D eigenvalue weighted by atomic mass is 32.1. The monoisotopic (exact) mass is 318 g/mol. The molecule has 1 atom stereocenters. The number of hydrogen-bond acceptors (Lipinski definition) is 5. The van der Waals surface area contributed by atoms with E-state index < -0.39 is 0 Å². The third-order valence-corrected chi connectivity index (χ3v) is 5.91. The molecular formula is C16H18N2OS2. The van der Waals surface area contributed by atoms with E-state index in [1.54, 1.807) is 29.8 Å². The molecule has 3 aromatic heterocycles. The lowest BCUT2D eigenvalue weighted by Gasteiger charge is -2.15. The van der Waals surface area contributed by atoms with E-state index in [1.807, 2.05) is 20.0 Å². The Hall–Kier alpha value is -1.43. The zero-order valence-corrected chi connectivity index (χ0v) is 14.0. The van der Waals surface area contributed by atoms with Gasteiger partial charge in [0.25, 0.3) is 0 Å². The van der Waals surface area contributed by atoms with Crippen LogP contribution in [0.15, 0.2) is 23.7 Å². The van der Waals surface area contributed by atoms with Crippen molar-refractivity contribution >= 4 is 32.1 Å². The molecule has 0 spiro atoms. The van der Waals surface area contributed by atoms with Crippen molar-refractivity contribution in [2.45, 2.75) is 26.3 Å². The molecule has 0 aliphatic heterocycles. The molecular weight excluding hydrogens is 300 g/mol. The first-order chi connectivity index (χ1) is 10.1. The first kappa shape index (κ1) is 14.5. The summed E-state index contributed by atoms with van der Waals surface area (Å²) in [7, 11) is 1.70. The number of pyridine rings is 1. The van der Waals surface area contributed by atoms with E-state index >= 15 is 0 Å². The molecule has 1 unspecified atom stereocenters. The summed E-state index contributed by atoms with van der Waals surface area (Å²) < 4.78 is 8.10. The summed E-state index contributed by atoms with van der Waals surface area (Å²) in [6.07, 6.45) is 2.59. The van der Waals surface area contributed by atoms with E-state index in [-0.39, 0.29) is 6.04 Å². The number of nitrogens with zero attached hydrogens (tertiary/aromatic N) is 1. The number of thiophene rings is 2. The second-order valence-electron chi connectivity index (χ2n) is 5.15. The number of aryl methyl sites for hydroxylation is 1. The molecule has 0 bridgehead atoms. The minimum atomic E-state index is -0.0202. The molecule has 5 heteroatoms. The van der Waals surface area contributed by atoms with Gasteiger partial charge in [-0.25, -0.2) is 0 Å². The maximum absolute atomic E-state index is 6.38. The summed E-state index contributed by atoms with van der Waals surface area (Å²) in [6.45, 7) is 4.06. The predicted octanol–water partition coefficient (Wildman–Crippen LogP) is 4.23. The van der Waals surface area contributed by atoms with Crippen molar-refractivity contribution in [3.8, 4) is 5.75 Å². The first-order valence-electron chi connectivity index (χ1n) is 6.81. The van der Waals surface area contributed by atoms with Crippen LogP contribution in [0.1, 0.15) is 27.7 Å². The highest BCUT2D eigenvalue weighted by molar-refractivity contribution is 7.26. The fourth-order valence-corrected chi connectivity index (χ4v) is 4.67. The molecule has 3 aromatic rings. The van der Waals surface area contributed by atoms with Gasteiger partial charge in [-0.3, -0.25) is 4.98 Å². The van der Waals surface area contributed by atoms with E-state index in [0.717, 1.165) is 29.0 Å². The molecule has 0 amide bonds. The molecule has 0 saturated carbocycles. The molecule has 0 saturated heterocycles. The van der Waals surface area contributed by atoms with Crippen LogP contribution in [0.2, 0.25) is 0 Å². The van der Waals surface area contributed by atoms with Gasteiger partial charge >= 0.3 is 0 Å². The summed E-state index contributed by atoms with van der Waals surface area (Å²) in [6, 6.07) is 4.34. The molecule has 110 valence electrons. The average molecular weight is 318 g/mol. The SMILES string of the molecule is COc1c(C)cnc(CC(N)c2cc3sccc3s2)c1C. The van der Waals surface area contributed by atoms with Crippen molar-refractivity contribution in [2.24, 2.45) is 5.73 Å². The van der Waals surface area contributed by atoms with Crippen LogP contribution < -0.4 is 10.5 Å². The highest BCUT2D eigenvalue weighted by Crippen LogP contribution is 2.34. The van der Waals surface area contributed by atoms with Crippen LogP contribution in [-0.4, -0.2) is 12.1 Å². The van der Waals surface area contributed by atoms with Gasteiger partial charge in [-0.05, 0) is 31.4 Å². The van der Waals surface area contributed by atoms with Crippen LogP contribution in [0.5, 0.6) is 5.75 Å². The second kappa shape index (κ2) is 5.75. The Kier molecular flexibility index (Phi) is 3.97. The third-order valence-electron chi connectivity index (χ3n) is 3.69. The standard InChI is InChI=1S/C16H18N2OS2/c1-9-8-18-12(10(2)16(9)19-3)6-11(17)14-7-15-13(21-14)4-5-20-15/h4-5,7-8,11H,6,17H2,1-3H3. The van der Waals surface area contributed by atoms with Gasteiger partial charge in [0.1, 0.15) is 5.75 Å². The Morgan fingerprint density at radius 1 is 1.33 bits per heavy atom. The zero-order valence-electron chi connectivity index (χ0n) is 12.3. The lowest BCUT2D eigenvalue weighted by Crippen LogP contribution is -2.14. The van der Waals surface area contributed by atoms with Crippen molar-refractivity contribution in [3.05, 3.63) is 45.4 Å². The molecule has 3 rings (SSSR count). The minimum absolute atomic E-state index is 0.0202. The number of aromatic nitrogens is 1. The van der Waals surface area contributed by atoms with Gasteiger partial charge in [-0.1, -0.05) is 0 Å². The number of fused-ring (bicyclic) bond motifs is 1. The van der Waals surface area contributed by atoms with Gasteiger partial charge < -0.3 is 10.5 Å². The lowest BCUT2D eigenvalue weighted by molar-refractivity contribution is 0.406. The van der Waals surface area contributed by atoms with Crippen LogP contribution >= 0.6 is 22.7 Å². The Labute approximate surface area is 132 Å². The summed E-state index contributed by atoms with van der Waals surface area (Å²) in [4.78, 5) is 5.76. The first-order valence-corrected chi connectivity index (χ1v) is 8.51. The Morgan fingerprint density at radius 3 is 2.86 bits per heavy atom. The second-order valence-corrected chi connectivity index (χ2v) is 7.22. The smallest absolute Gasteiger partial charge is 0.128 e. The van der Waals surface area contributed by atoms with Gasteiger partial charge in [0.15, 0.2) is 0 Å². The van der Waals surface area contributed by atoms with Crippen molar-refractivity contribution in [1.29, 1.82) is 0 Å². The molecule has 3 heterocycles. The van der Waals surface area contributed by atoms with Crippen LogP contribution in [0.3, 0.4) is 0 Å². The maximum atomic E-state index is 6.38. The Bertz CT molecular complexity index is 747. The van der Waals surface area contributed by atoms with Crippen LogP contribution in [0.25, 0.3) is 9.40 Å². The molecule has 0 aromatic carbocycles. The van der Waals surface area contributed by atoms with Gasteiger partial charge in [0, 0.05) is 49.8 Å². The van der Waals surface area contributed by atoms with Crippen LogP contribution in [-0.2, 0) is 6.42 Å². The van der Waals surface area contributed by atoms with E-state index in [0.29, 0.717) is 0 Å². The van der Waals surface area contributed by atoms with E-state index in [9.17, 15) is 0 Å². The van der Waals surface area contributed by atoms with Gasteiger partial charge in [-0.2, -0.15) is 0 Å². The fourth-order valence-electron chi connectivity index (χ4n) is 2.55. The lowest BCUT2D eigenvalue weighted by atomic mass is 10.0. The summed E-state index contributed by atoms with van der Waals surface area (Å²) in [5.74, 6) is 0.916. The van der Waals surface area contributed by atoms with Gasteiger partial charge in [0.05, 0.1) is 7.11 Å². The maximum Gasteiger partial charge on any atom is 0.128 e. The van der Waals surface area contributed by atoms with E-state index in [2.05, 4.69) is 22.5 Å². The number of hydrogen-bond donors (Lipinski definition) is 1. The third kappa shape index (κ3) is 2.69. The summed E-state index contributed by atoms with van der Waals surface area (Å²) in [5, 5.41) is 2.12. The summed E-state index contributed by atoms with van der Waals surface area (Å²) in [5.41, 5.74) is 9.55. The molecule has 0 radical (unpaired) electrons. The Balaban J connectivity index is 1.87. The van der Waals surface area contributed by atoms with Crippen molar-refractivity contribution in [1.82, 2.24) is 4.98 Å². The number of methoxy groups -OCH3 is 1. The summed E-state index contributed by atoms with van der Waals surface area (Å²) >= 11 is 3.54. The van der Waals surface area contributed by atoms with Crippen molar-refractivity contribution < 1.29 is 4.74 Å². The Morgan fingerprint density at radius 2 is 2.14 bits per heavy atom. The minimum Gasteiger partial charge on any atom is -0.496 e. The van der Waals surface area contributed by atoms with E-state index in [1.165, 1.54) is 14.3 Å². The normalized spacial score (nSPS) is 12.8. The van der Waals surface area contributed by atoms with Crippen molar-refractivity contribution in [2.75, 3.05) is 7.11 Å². The molecule has 3 nitrogen and oxygen atoms in total. The quantitative estimate of drug-likeness (QED) is 0.783. The number of rotatable bonds is 4. The van der Waals surface area contributed by atoms with Crippen molar-refractivity contribution in [3.63, 3.8) is 0 Å². The molecule has 0 fully saturated rings. The van der Waals surface area contributed by atoms with E-state index in [4.69, 9.17) is 10.5 Å². The average Bonchev–Trinajstić information content (AvgIpc) is 3.03.